The van der Waals surface area contributed by atoms with Crippen molar-refractivity contribution in [1.29, 1.82) is 0 Å². The Morgan fingerprint density at radius 2 is 1.73 bits per heavy atom. The molecule has 1 aromatic heterocycles. The largest absolute Gasteiger partial charge is 0.480 e. The van der Waals surface area contributed by atoms with Gasteiger partial charge in [0, 0.05) is 6.20 Å². The van der Waals surface area contributed by atoms with Crippen molar-refractivity contribution in [2.24, 2.45) is 0 Å². The molecule has 8 heteroatoms. The smallest absolute Gasteiger partial charge is 0.412 e. The first kappa shape index (κ1) is 20.8. The number of carboxylic acids is 1. The number of aliphatic carboxylic acids is 1. The lowest BCUT2D eigenvalue weighted by atomic mass is 10.1. The second-order valence-corrected chi connectivity index (χ2v) is 6.58. The van der Waals surface area contributed by atoms with Gasteiger partial charge in [-0.3, -0.25) is 14.9 Å². The van der Waals surface area contributed by atoms with Crippen molar-refractivity contribution >= 4 is 17.7 Å². The van der Waals surface area contributed by atoms with Crippen molar-refractivity contribution in [2.75, 3.05) is 5.32 Å². The first-order chi connectivity index (χ1) is 14.4. The Hall–Kier alpha value is -3.94. The molecule has 1 heterocycles. The van der Waals surface area contributed by atoms with Gasteiger partial charge in [-0.05, 0) is 41.3 Å². The first-order valence-electron chi connectivity index (χ1n) is 9.08. The number of nitrogens with zero attached hydrogens (tertiary/aromatic N) is 1. The van der Waals surface area contributed by atoms with E-state index in [0.29, 0.717) is 11.1 Å². The fourth-order valence-corrected chi connectivity index (χ4v) is 2.90. The highest BCUT2D eigenvalue weighted by molar-refractivity contribution is 5.84. The van der Waals surface area contributed by atoms with Gasteiger partial charge in [0.15, 0.2) is 0 Å². The van der Waals surface area contributed by atoms with E-state index in [1.807, 2.05) is 6.07 Å². The topological polar surface area (TPSA) is 97.6 Å². The maximum Gasteiger partial charge on any atom is 0.412 e. The lowest BCUT2D eigenvalue weighted by Gasteiger charge is -2.12. The third-order valence-corrected chi connectivity index (χ3v) is 4.20. The molecule has 0 aliphatic heterocycles. The second kappa shape index (κ2) is 9.51. The quantitative estimate of drug-likeness (QED) is 0.622. The van der Waals surface area contributed by atoms with E-state index in [1.54, 1.807) is 36.4 Å². The molecule has 0 saturated carbocycles. The number of halogens is 1. The van der Waals surface area contributed by atoms with Crippen LogP contribution in [0.3, 0.4) is 0 Å². The highest BCUT2D eigenvalue weighted by Gasteiger charge is 2.13. The summed E-state index contributed by atoms with van der Waals surface area (Å²) in [5.74, 6) is -1.62. The molecule has 0 unspecified atom stereocenters. The minimum Gasteiger partial charge on any atom is -0.480 e. The van der Waals surface area contributed by atoms with E-state index in [1.165, 1.54) is 24.4 Å². The molecule has 0 spiro atoms. The lowest BCUT2D eigenvalue weighted by molar-refractivity contribution is -0.137. The van der Waals surface area contributed by atoms with Gasteiger partial charge in [0.2, 0.25) is 0 Å². The van der Waals surface area contributed by atoms with Crippen LogP contribution in [0.15, 0.2) is 71.7 Å². The highest BCUT2D eigenvalue weighted by atomic mass is 19.1. The predicted molar refractivity (Wildman–Crippen MR) is 108 cm³/mol. The zero-order valence-corrected chi connectivity index (χ0v) is 15.9. The number of ether oxygens (including phenoxy) is 1. The number of carbonyl (C=O) groups excluding carboxylic acids is 1. The van der Waals surface area contributed by atoms with Crippen LogP contribution in [0.25, 0.3) is 0 Å². The molecule has 154 valence electrons. The molecule has 0 radical (unpaired) electrons. The van der Waals surface area contributed by atoms with Crippen molar-refractivity contribution in [2.45, 2.75) is 19.6 Å². The lowest BCUT2D eigenvalue weighted by Crippen LogP contribution is -2.28. The van der Waals surface area contributed by atoms with E-state index in [2.05, 4.69) is 5.32 Å². The zero-order valence-electron chi connectivity index (χ0n) is 15.9. The molecule has 0 saturated heterocycles. The number of hydrogen-bond acceptors (Lipinski definition) is 4. The normalized spacial score (nSPS) is 10.4. The standard InChI is InChI=1S/C22H19FN2O5/c23-18-8-4-7-16(10-18)9-17-11-19(21(28)25(12-17)13-20(26)27)24-22(29)30-14-15-5-2-1-3-6-15/h1-8,10-12H,9,13-14H2,(H,24,29)(H,26,27). The second-order valence-electron chi connectivity index (χ2n) is 6.58. The van der Waals surface area contributed by atoms with Crippen LogP contribution in [0.2, 0.25) is 0 Å². The number of aromatic nitrogens is 1. The zero-order chi connectivity index (χ0) is 21.5. The van der Waals surface area contributed by atoms with Gasteiger partial charge < -0.3 is 14.4 Å². The van der Waals surface area contributed by atoms with Gasteiger partial charge in [-0.25, -0.2) is 9.18 Å². The third-order valence-electron chi connectivity index (χ3n) is 4.20. The van der Waals surface area contributed by atoms with Crippen LogP contribution in [0.1, 0.15) is 16.7 Å². The van der Waals surface area contributed by atoms with E-state index >= 15 is 0 Å². The Labute approximate surface area is 171 Å². The van der Waals surface area contributed by atoms with E-state index in [-0.39, 0.29) is 18.7 Å². The summed E-state index contributed by atoms with van der Waals surface area (Å²) in [7, 11) is 0. The van der Waals surface area contributed by atoms with Gasteiger partial charge in [0.1, 0.15) is 24.7 Å². The average Bonchev–Trinajstić information content (AvgIpc) is 2.70. The molecule has 0 fully saturated rings. The third kappa shape index (κ3) is 5.78. The van der Waals surface area contributed by atoms with E-state index in [9.17, 15) is 18.8 Å². The number of carbonyl (C=O) groups is 2. The Balaban J connectivity index is 1.81. The Kier molecular flexibility index (Phi) is 6.59. The minimum atomic E-state index is -1.21. The van der Waals surface area contributed by atoms with Crippen molar-refractivity contribution in [3.05, 3.63) is 99.7 Å². The van der Waals surface area contributed by atoms with Gasteiger partial charge in [-0.15, -0.1) is 0 Å². The predicted octanol–water partition coefficient (Wildman–Crippen LogP) is 3.41. The van der Waals surface area contributed by atoms with Crippen LogP contribution in [0, 0.1) is 5.82 Å². The summed E-state index contributed by atoms with van der Waals surface area (Å²) in [6.45, 7) is -0.567. The van der Waals surface area contributed by atoms with Crippen LogP contribution < -0.4 is 10.9 Å². The molecule has 7 nitrogen and oxygen atoms in total. The van der Waals surface area contributed by atoms with E-state index in [4.69, 9.17) is 9.84 Å². The summed E-state index contributed by atoms with van der Waals surface area (Å²) in [5, 5.41) is 11.4. The number of hydrogen-bond donors (Lipinski definition) is 2. The van der Waals surface area contributed by atoms with Crippen LogP contribution in [0.5, 0.6) is 0 Å². The molecule has 1 amide bonds. The van der Waals surface area contributed by atoms with E-state index < -0.39 is 30.0 Å². The monoisotopic (exact) mass is 410 g/mol. The molecular weight excluding hydrogens is 391 g/mol. The van der Waals surface area contributed by atoms with Crippen molar-refractivity contribution in [3.8, 4) is 0 Å². The fourth-order valence-electron chi connectivity index (χ4n) is 2.90. The fraction of sp³-hybridized carbons (Fsp3) is 0.136. The Bertz CT molecular complexity index is 1110. The molecule has 0 atom stereocenters. The maximum atomic E-state index is 13.5. The summed E-state index contributed by atoms with van der Waals surface area (Å²) >= 11 is 0. The Morgan fingerprint density at radius 3 is 2.43 bits per heavy atom. The molecule has 0 aliphatic rings. The number of rotatable bonds is 7. The molecule has 0 aliphatic carbocycles. The van der Waals surface area contributed by atoms with E-state index in [0.717, 1.165) is 10.1 Å². The number of nitrogens with one attached hydrogen (secondary N) is 1. The number of amides is 1. The SMILES string of the molecule is O=C(O)Cn1cc(Cc2cccc(F)c2)cc(NC(=O)OCc2ccccc2)c1=O. The minimum absolute atomic E-state index is 0.0129. The van der Waals surface area contributed by atoms with Gasteiger partial charge >= 0.3 is 12.1 Å². The molecule has 2 aromatic carbocycles. The maximum absolute atomic E-state index is 13.5. The van der Waals surface area contributed by atoms with Gasteiger partial charge in [0.25, 0.3) is 5.56 Å². The summed E-state index contributed by atoms with van der Waals surface area (Å²) in [6.07, 6.45) is 0.772. The molecule has 2 N–H and O–H groups in total. The summed E-state index contributed by atoms with van der Waals surface area (Å²) < 4.78 is 19.5. The molecule has 3 aromatic rings. The number of benzene rings is 2. The van der Waals surface area contributed by atoms with Crippen LogP contribution in [0.4, 0.5) is 14.9 Å². The van der Waals surface area contributed by atoms with Crippen molar-refractivity contribution < 1.29 is 23.8 Å². The van der Waals surface area contributed by atoms with Gasteiger partial charge in [-0.1, -0.05) is 42.5 Å². The number of pyridine rings is 1. The van der Waals surface area contributed by atoms with Crippen LogP contribution in [-0.2, 0) is 29.1 Å². The molecular formula is C22H19FN2O5. The molecule has 3 rings (SSSR count). The van der Waals surface area contributed by atoms with Crippen molar-refractivity contribution in [3.63, 3.8) is 0 Å². The van der Waals surface area contributed by atoms with Gasteiger partial charge in [-0.2, -0.15) is 0 Å². The summed E-state index contributed by atoms with van der Waals surface area (Å²) in [5.41, 5.74) is 1.13. The van der Waals surface area contributed by atoms with Crippen molar-refractivity contribution in [1.82, 2.24) is 4.57 Å². The molecule has 30 heavy (non-hydrogen) atoms. The number of anilines is 1. The number of carboxylic acid groups (broad SMARTS) is 1. The highest BCUT2D eigenvalue weighted by Crippen LogP contribution is 2.14. The first-order valence-corrected chi connectivity index (χ1v) is 9.08. The van der Waals surface area contributed by atoms with Crippen LogP contribution in [-0.4, -0.2) is 21.7 Å². The Morgan fingerprint density at radius 1 is 1.00 bits per heavy atom. The summed E-state index contributed by atoms with van der Waals surface area (Å²) in [4.78, 5) is 35.8. The average molecular weight is 410 g/mol. The van der Waals surface area contributed by atoms with Crippen LogP contribution >= 0.6 is 0 Å². The summed E-state index contributed by atoms with van der Waals surface area (Å²) in [6, 6.07) is 16.3. The van der Waals surface area contributed by atoms with Gasteiger partial charge in [0.05, 0.1) is 0 Å². The molecule has 0 bridgehead atoms.